The van der Waals surface area contributed by atoms with Crippen molar-refractivity contribution in [1.82, 2.24) is 0 Å². The number of allylic oxidation sites excluding steroid dienone is 2. The maximum absolute atomic E-state index is 11.7. The van der Waals surface area contributed by atoms with Crippen LogP contribution in [0.5, 0.6) is 11.5 Å². The fourth-order valence-corrected chi connectivity index (χ4v) is 5.08. The normalized spacial score (nSPS) is 11.5. The van der Waals surface area contributed by atoms with Crippen LogP contribution in [0, 0.1) is 0 Å². The van der Waals surface area contributed by atoms with E-state index >= 15 is 0 Å². The molecule has 3 aromatic rings. The molecular formula is C41H56N2NiO2. The summed E-state index contributed by atoms with van der Waals surface area (Å²) < 4.78 is 0. The van der Waals surface area contributed by atoms with E-state index in [1.165, 1.54) is 28.3 Å². The molecule has 0 aromatic heterocycles. The maximum atomic E-state index is 11.7. The van der Waals surface area contributed by atoms with E-state index in [4.69, 9.17) is 9.98 Å². The van der Waals surface area contributed by atoms with Gasteiger partial charge in [-0.1, -0.05) is 104 Å². The van der Waals surface area contributed by atoms with Gasteiger partial charge in [-0.3, -0.25) is 4.99 Å². The van der Waals surface area contributed by atoms with Crippen LogP contribution in [0.2, 0.25) is 0 Å². The smallest absolute Gasteiger partial charge is 0.873 e. The molecule has 0 N–H and O–H groups in total. The summed E-state index contributed by atoms with van der Waals surface area (Å²) in [6.07, 6.45) is 18.3. The van der Waals surface area contributed by atoms with Gasteiger partial charge in [0, 0.05) is 0 Å². The minimum Gasteiger partial charge on any atom is -0.873 e. The monoisotopic (exact) mass is 666 g/mol. The summed E-state index contributed by atoms with van der Waals surface area (Å²) in [6, 6.07) is 16.7. The average Bonchev–Trinajstić information content (AvgIpc) is 3.06. The standard InChI is InChI=1S/C26H34N2.C15H24O2.Ni/c1-6-11-12-24(28-26-17-22(9-4)14-23(10-5)18-26)19-27-25-15-20(7-2)13-21(8-3)16-25;1-3-5-7-9-13-10-12(8-6-4-2)11-14(16)15(13)17;/h11-19H,6-10H2,1-5H3;10-11,16-17H,3-9H2,1-2H3;/q;;+2/p-2. The first kappa shape index (κ1) is 40.9. The first-order chi connectivity index (χ1) is 21.8. The van der Waals surface area contributed by atoms with Crippen molar-refractivity contribution < 1.29 is 26.7 Å². The summed E-state index contributed by atoms with van der Waals surface area (Å²) in [6.45, 7) is 15.1. The fourth-order valence-electron chi connectivity index (χ4n) is 5.08. The van der Waals surface area contributed by atoms with Gasteiger partial charge in [0.2, 0.25) is 0 Å². The van der Waals surface area contributed by atoms with Crippen molar-refractivity contribution in [3.05, 3.63) is 94.1 Å². The van der Waals surface area contributed by atoms with Crippen LogP contribution in [0.4, 0.5) is 11.4 Å². The number of hydrogen-bond donors (Lipinski definition) is 0. The summed E-state index contributed by atoms with van der Waals surface area (Å²) in [5.41, 5.74) is 9.97. The molecule has 46 heavy (non-hydrogen) atoms. The second kappa shape index (κ2) is 23.2. The third-order valence-electron chi connectivity index (χ3n) is 7.90. The van der Waals surface area contributed by atoms with E-state index in [1.54, 1.807) is 0 Å². The third kappa shape index (κ3) is 14.5. The molecule has 5 heteroatoms. The molecule has 0 unspecified atom stereocenters. The number of unbranched alkanes of at least 4 members (excludes halogenated alkanes) is 3. The fraction of sp³-hybridized carbons (Fsp3) is 0.463. The van der Waals surface area contributed by atoms with E-state index in [2.05, 4.69) is 97.0 Å². The van der Waals surface area contributed by atoms with Crippen molar-refractivity contribution in [1.29, 1.82) is 0 Å². The molecule has 0 saturated carbocycles. The van der Waals surface area contributed by atoms with Crippen molar-refractivity contribution in [2.45, 2.75) is 126 Å². The molecule has 0 fully saturated rings. The predicted molar refractivity (Wildman–Crippen MR) is 192 cm³/mol. The number of nitrogens with zero attached hydrogens (tertiary/aromatic N) is 2. The summed E-state index contributed by atoms with van der Waals surface area (Å²) in [5.74, 6) is -0.619. The van der Waals surface area contributed by atoms with Crippen molar-refractivity contribution in [3.63, 3.8) is 0 Å². The van der Waals surface area contributed by atoms with Gasteiger partial charge in [0.05, 0.1) is 23.3 Å². The molecule has 0 aliphatic heterocycles. The van der Waals surface area contributed by atoms with E-state index in [0.717, 1.165) is 105 Å². The van der Waals surface area contributed by atoms with Crippen molar-refractivity contribution in [3.8, 4) is 11.5 Å². The number of rotatable bonds is 16. The molecule has 0 aliphatic carbocycles. The van der Waals surface area contributed by atoms with Crippen molar-refractivity contribution >= 4 is 23.3 Å². The van der Waals surface area contributed by atoms with Crippen LogP contribution in [-0.2, 0) is 55.0 Å². The minimum absolute atomic E-state index is 0. The maximum Gasteiger partial charge on any atom is 2.00 e. The van der Waals surface area contributed by atoms with Gasteiger partial charge in [0.25, 0.3) is 0 Å². The number of benzene rings is 3. The summed E-state index contributed by atoms with van der Waals surface area (Å²) in [5, 5.41) is 23.2. The van der Waals surface area contributed by atoms with Crippen LogP contribution in [0.3, 0.4) is 0 Å². The molecule has 0 bridgehead atoms. The van der Waals surface area contributed by atoms with Gasteiger partial charge in [0.1, 0.15) is 0 Å². The van der Waals surface area contributed by atoms with Crippen molar-refractivity contribution in [2.24, 2.45) is 9.98 Å². The Labute approximate surface area is 290 Å². The Bertz CT molecular complexity index is 1360. The second-order valence-corrected chi connectivity index (χ2v) is 11.7. The first-order valence-corrected chi connectivity index (χ1v) is 17.3. The molecule has 4 nitrogen and oxygen atoms in total. The summed E-state index contributed by atoms with van der Waals surface area (Å²) in [7, 11) is 0. The average molecular weight is 668 g/mol. The summed E-state index contributed by atoms with van der Waals surface area (Å²) in [4.78, 5) is 9.65. The second-order valence-electron chi connectivity index (χ2n) is 11.7. The van der Waals surface area contributed by atoms with Gasteiger partial charge in [-0.05, 0) is 116 Å². The van der Waals surface area contributed by atoms with E-state index in [9.17, 15) is 10.2 Å². The van der Waals surface area contributed by atoms with Gasteiger partial charge in [-0.25, -0.2) is 4.99 Å². The van der Waals surface area contributed by atoms with E-state index in [0.29, 0.717) is 0 Å². The molecular weight excluding hydrogens is 611 g/mol. The largest absolute Gasteiger partial charge is 2.00 e. The van der Waals surface area contributed by atoms with E-state index in [1.807, 2.05) is 12.3 Å². The van der Waals surface area contributed by atoms with Crippen LogP contribution >= 0.6 is 0 Å². The van der Waals surface area contributed by atoms with Crippen LogP contribution in [0.1, 0.15) is 120 Å². The Morgan fingerprint density at radius 3 is 1.65 bits per heavy atom. The quantitative estimate of drug-likeness (QED) is 0.0867. The molecule has 0 radical (unpaired) electrons. The minimum atomic E-state index is -0.329. The first-order valence-electron chi connectivity index (χ1n) is 17.3. The molecule has 0 spiro atoms. The zero-order valence-corrected chi connectivity index (χ0v) is 30.4. The Kier molecular flexibility index (Phi) is 20.6. The molecule has 3 aromatic carbocycles. The number of aryl methyl sites for hydroxylation is 6. The Morgan fingerprint density at radius 2 is 1.15 bits per heavy atom. The number of hydrogen-bond acceptors (Lipinski definition) is 4. The topological polar surface area (TPSA) is 70.8 Å². The molecule has 0 heterocycles. The SMILES string of the molecule is CCC=CC(C=Nc1cc(CC)cc(CC)c1)=Nc1cc(CC)cc(CC)c1.CCCCCc1cc(CCCC)cc([O-])c1[O-].[Ni+2]. The van der Waals surface area contributed by atoms with Crippen molar-refractivity contribution in [2.75, 3.05) is 0 Å². The van der Waals surface area contributed by atoms with Crippen LogP contribution < -0.4 is 10.2 Å². The third-order valence-corrected chi connectivity index (χ3v) is 7.90. The molecule has 0 amide bonds. The van der Waals surface area contributed by atoms with E-state index < -0.39 is 0 Å². The van der Waals surface area contributed by atoms with Crippen LogP contribution in [0.15, 0.2) is 70.7 Å². The van der Waals surface area contributed by atoms with Gasteiger partial charge in [-0.15, -0.1) is 11.5 Å². The molecule has 252 valence electrons. The predicted octanol–water partition coefficient (Wildman–Crippen LogP) is 10.3. The Hall–Kier alpha value is -3.17. The van der Waals surface area contributed by atoms with Gasteiger partial charge < -0.3 is 10.2 Å². The van der Waals surface area contributed by atoms with E-state index in [-0.39, 0.29) is 28.0 Å². The Balaban J connectivity index is 0.000000505. The molecule has 0 aliphatic rings. The Morgan fingerprint density at radius 1 is 0.609 bits per heavy atom. The zero-order valence-electron chi connectivity index (χ0n) is 29.4. The number of aliphatic imine (C=N–C) groups is 2. The zero-order chi connectivity index (χ0) is 33.0. The summed E-state index contributed by atoms with van der Waals surface area (Å²) >= 11 is 0. The molecule has 0 atom stereocenters. The van der Waals surface area contributed by atoms with Crippen LogP contribution in [0.25, 0.3) is 0 Å². The molecule has 0 saturated heterocycles. The van der Waals surface area contributed by atoms with Gasteiger partial charge in [0.15, 0.2) is 0 Å². The van der Waals surface area contributed by atoms with Crippen LogP contribution in [-0.4, -0.2) is 11.9 Å². The van der Waals surface area contributed by atoms with Gasteiger partial charge in [-0.2, -0.15) is 0 Å². The molecule has 3 rings (SSSR count). The van der Waals surface area contributed by atoms with Gasteiger partial charge >= 0.3 is 16.5 Å².